The molecule has 112 valence electrons. The molecule has 0 saturated carbocycles. The Kier molecular flexibility index (Phi) is 8.60. The zero-order valence-electron chi connectivity index (χ0n) is 13.9. The molecule has 0 aromatic carbocycles. The molecule has 0 aliphatic carbocycles. The molecule has 0 amide bonds. The highest BCUT2D eigenvalue weighted by atomic mass is 28.3. The Hall–Kier alpha value is -0.343. The molecule has 1 nitrogen and oxygen atoms in total. The van der Waals surface area contributed by atoms with Crippen LogP contribution < -0.4 is 0 Å². The first-order valence-electron chi connectivity index (χ1n) is 7.58. The van der Waals surface area contributed by atoms with Crippen molar-refractivity contribution in [2.75, 3.05) is 0 Å². The van der Waals surface area contributed by atoms with Gasteiger partial charge in [0.15, 0.2) is 0 Å². The maximum absolute atomic E-state index is 10.1. The third-order valence-electron chi connectivity index (χ3n) is 3.19. The monoisotopic (exact) mass is 282 g/mol. The van der Waals surface area contributed by atoms with Crippen LogP contribution >= 0.6 is 0 Å². The predicted octanol–water partition coefficient (Wildman–Crippen LogP) is 5.40. The first-order valence-corrected chi connectivity index (χ1v) is 11.3. The lowest BCUT2D eigenvalue weighted by atomic mass is 9.95. The lowest BCUT2D eigenvalue weighted by Crippen LogP contribution is -2.21. The van der Waals surface area contributed by atoms with Crippen LogP contribution in [0.4, 0.5) is 0 Å². The van der Waals surface area contributed by atoms with Crippen molar-refractivity contribution < 1.29 is 5.11 Å². The van der Waals surface area contributed by atoms with Gasteiger partial charge in [0, 0.05) is 8.07 Å². The number of hydrogen-bond acceptors (Lipinski definition) is 1. The zero-order valence-corrected chi connectivity index (χ0v) is 14.9. The summed E-state index contributed by atoms with van der Waals surface area (Å²) in [5.74, 6) is 0.588. The van der Waals surface area contributed by atoms with Gasteiger partial charge in [-0.05, 0) is 51.5 Å². The van der Waals surface area contributed by atoms with Crippen molar-refractivity contribution in [1.29, 1.82) is 0 Å². The Morgan fingerprint density at radius 3 is 2.32 bits per heavy atom. The van der Waals surface area contributed by atoms with Crippen LogP contribution in [0, 0.1) is 5.92 Å². The minimum absolute atomic E-state index is 0.203. The van der Waals surface area contributed by atoms with E-state index in [1.807, 2.05) is 0 Å². The maximum atomic E-state index is 10.1. The quantitative estimate of drug-likeness (QED) is 0.443. The van der Waals surface area contributed by atoms with Crippen molar-refractivity contribution >= 4 is 8.07 Å². The van der Waals surface area contributed by atoms with E-state index in [0.717, 1.165) is 25.3 Å². The Labute approximate surface area is 121 Å². The molecule has 0 rings (SSSR count). The summed E-state index contributed by atoms with van der Waals surface area (Å²) in [4.78, 5) is 0. The van der Waals surface area contributed by atoms with Crippen molar-refractivity contribution in [3.8, 4) is 0 Å². The second-order valence-corrected chi connectivity index (χ2v) is 13.0. The van der Waals surface area contributed by atoms with E-state index in [1.54, 1.807) is 0 Å². The highest BCUT2D eigenvalue weighted by molar-refractivity contribution is 6.76. The molecule has 0 radical (unpaired) electrons. The minimum atomic E-state index is -1.08. The molecule has 0 unspecified atom stereocenters. The summed E-state index contributed by atoms with van der Waals surface area (Å²) in [7, 11) is -1.08. The second kappa shape index (κ2) is 8.75. The number of hydrogen-bond donors (Lipinski definition) is 1. The minimum Gasteiger partial charge on any atom is -0.393 e. The first-order chi connectivity index (χ1) is 8.60. The second-order valence-electron chi connectivity index (χ2n) is 7.55. The van der Waals surface area contributed by atoms with Crippen LogP contribution in [-0.4, -0.2) is 19.3 Å². The third kappa shape index (κ3) is 12.4. The van der Waals surface area contributed by atoms with E-state index in [4.69, 9.17) is 0 Å². The van der Waals surface area contributed by atoms with E-state index < -0.39 is 8.07 Å². The molecule has 19 heavy (non-hydrogen) atoms. The van der Waals surface area contributed by atoms with Gasteiger partial charge in [0.1, 0.15) is 0 Å². The molecule has 0 bridgehead atoms. The summed E-state index contributed by atoms with van der Waals surface area (Å²) in [6.07, 6.45) is 6.07. The fraction of sp³-hybridized carbons (Fsp3) is 0.765. The number of aliphatic hydroxyl groups is 1. The Morgan fingerprint density at radius 1 is 1.26 bits per heavy atom. The molecule has 0 spiro atoms. The molecule has 0 aliphatic heterocycles. The van der Waals surface area contributed by atoms with Gasteiger partial charge in [0.05, 0.1) is 6.10 Å². The molecule has 1 N–H and O–H groups in total. The van der Waals surface area contributed by atoms with E-state index in [0.29, 0.717) is 5.92 Å². The van der Waals surface area contributed by atoms with Crippen molar-refractivity contribution in [1.82, 2.24) is 0 Å². The molecular weight excluding hydrogens is 248 g/mol. The van der Waals surface area contributed by atoms with Crippen molar-refractivity contribution in [3.05, 3.63) is 23.8 Å². The van der Waals surface area contributed by atoms with Crippen LogP contribution in [0.2, 0.25) is 25.7 Å². The maximum Gasteiger partial charge on any atom is 0.0579 e. The molecule has 0 heterocycles. The summed E-state index contributed by atoms with van der Waals surface area (Å²) in [6, 6.07) is 1.14. The standard InChI is InChI=1S/C17H34OSi/c1-14(2)9-8-10-15(3)11-17(18)12-16(4)13-19(5,6)7/h9,15,17-18H,4,8,10-13H2,1-3,5-7H3/t15-,17-/m0/s1. The van der Waals surface area contributed by atoms with Crippen LogP contribution in [-0.2, 0) is 0 Å². The molecule has 2 heteroatoms. The number of allylic oxidation sites excluding steroid dienone is 2. The predicted molar refractivity (Wildman–Crippen MR) is 90.4 cm³/mol. The van der Waals surface area contributed by atoms with E-state index in [1.165, 1.54) is 17.6 Å². The van der Waals surface area contributed by atoms with Gasteiger partial charge < -0.3 is 5.11 Å². The fourth-order valence-corrected chi connectivity index (χ4v) is 4.12. The van der Waals surface area contributed by atoms with Gasteiger partial charge in [0.2, 0.25) is 0 Å². The summed E-state index contributed by atoms with van der Waals surface area (Å²) in [5.41, 5.74) is 2.62. The van der Waals surface area contributed by atoms with Crippen LogP contribution in [0.3, 0.4) is 0 Å². The van der Waals surface area contributed by atoms with Crippen molar-refractivity contribution in [2.45, 2.75) is 78.2 Å². The molecule has 2 atom stereocenters. The van der Waals surface area contributed by atoms with Gasteiger partial charge in [-0.15, -0.1) is 6.58 Å². The normalized spacial score (nSPS) is 14.9. The highest BCUT2D eigenvalue weighted by Crippen LogP contribution is 2.22. The summed E-state index contributed by atoms with van der Waals surface area (Å²) < 4.78 is 0. The average Bonchev–Trinajstić information content (AvgIpc) is 2.12. The Bertz CT molecular complexity index is 295. The lowest BCUT2D eigenvalue weighted by Gasteiger charge is -2.21. The van der Waals surface area contributed by atoms with Gasteiger partial charge in [-0.25, -0.2) is 0 Å². The van der Waals surface area contributed by atoms with E-state index >= 15 is 0 Å². The molecule has 0 saturated heterocycles. The average molecular weight is 283 g/mol. The topological polar surface area (TPSA) is 20.2 Å². The molecule has 0 fully saturated rings. The molecule has 0 aromatic rings. The zero-order chi connectivity index (χ0) is 15.1. The Balaban J connectivity index is 3.93. The lowest BCUT2D eigenvalue weighted by molar-refractivity contribution is 0.144. The van der Waals surface area contributed by atoms with Crippen LogP contribution in [0.1, 0.15) is 46.5 Å². The molecular formula is C17H34OSi. The third-order valence-corrected chi connectivity index (χ3v) is 4.75. The molecule has 0 aromatic heterocycles. The first kappa shape index (κ1) is 18.7. The van der Waals surface area contributed by atoms with Crippen LogP contribution in [0.15, 0.2) is 23.8 Å². The fourth-order valence-electron chi connectivity index (χ4n) is 2.48. The largest absolute Gasteiger partial charge is 0.393 e. The van der Waals surface area contributed by atoms with Gasteiger partial charge in [-0.2, -0.15) is 0 Å². The SMILES string of the molecule is C=C(C[C@@H](O)C[C@@H](C)CCC=C(C)C)C[Si](C)(C)C. The smallest absolute Gasteiger partial charge is 0.0579 e. The van der Waals surface area contributed by atoms with Gasteiger partial charge >= 0.3 is 0 Å². The Morgan fingerprint density at radius 2 is 1.84 bits per heavy atom. The van der Waals surface area contributed by atoms with E-state index in [-0.39, 0.29) is 6.10 Å². The number of aliphatic hydroxyl groups excluding tert-OH is 1. The van der Waals surface area contributed by atoms with Gasteiger partial charge in [-0.3, -0.25) is 0 Å². The number of rotatable bonds is 9. The highest BCUT2D eigenvalue weighted by Gasteiger charge is 2.17. The van der Waals surface area contributed by atoms with Gasteiger partial charge in [0.25, 0.3) is 0 Å². The summed E-state index contributed by atoms with van der Waals surface area (Å²) in [5, 5.41) is 10.1. The summed E-state index contributed by atoms with van der Waals surface area (Å²) in [6.45, 7) is 17.7. The molecule has 0 aliphatic rings. The van der Waals surface area contributed by atoms with E-state index in [9.17, 15) is 5.11 Å². The van der Waals surface area contributed by atoms with Gasteiger partial charge in [-0.1, -0.05) is 43.8 Å². The van der Waals surface area contributed by atoms with E-state index in [2.05, 4.69) is 53.1 Å². The van der Waals surface area contributed by atoms with Crippen LogP contribution in [0.25, 0.3) is 0 Å². The van der Waals surface area contributed by atoms with Crippen LogP contribution in [0.5, 0.6) is 0 Å². The van der Waals surface area contributed by atoms with Crippen molar-refractivity contribution in [2.24, 2.45) is 5.92 Å². The van der Waals surface area contributed by atoms with Crippen molar-refractivity contribution in [3.63, 3.8) is 0 Å². The summed E-state index contributed by atoms with van der Waals surface area (Å²) >= 11 is 0.